The van der Waals surface area contributed by atoms with Gasteiger partial charge in [0.05, 0.1) is 12.7 Å². The Morgan fingerprint density at radius 3 is 2.88 bits per heavy atom. The van der Waals surface area contributed by atoms with E-state index in [-0.39, 0.29) is 6.61 Å². The van der Waals surface area contributed by atoms with E-state index >= 15 is 0 Å². The maximum atomic E-state index is 9.27. The summed E-state index contributed by atoms with van der Waals surface area (Å²) in [4.78, 5) is 2.52. The van der Waals surface area contributed by atoms with Gasteiger partial charge >= 0.3 is 0 Å². The quantitative estimate of drug-likeness (QED) is 0.610. The van der Waals surface area contributed by atoms with Gasteiger partial charge in [0, 0.05) is 12.6 Å². The van der Waals surface area contributed by atoms with Crippen LogP contribution in [-0.2, 0) is 0 Å². The molecule has 2 atom stereocenters. The fourth-order valence-corrected chi connectivity index (χ4v) is 2.27. The Bertz CT molecular complexity index is 178. The lowest BCUT2D eigenvalue weighted by Gasteiger charge is -2.20. The first-order valence-electron chi connectivity index (χ1n) is 6.51. The van der Waals surface area contributed by atoms with Gasteiger partial charge < -0.3 is 20.4 Å². The van der Waals surface area contributed by atoms with Crippen molar-refractivity contribution in [2.75, 3.05) is 32.8 Å². The summed E-state index contributed by atoms with van der Waals surface area (Å²) in [5, 5.41) is 21.3. The van der Waals surface area contributed by atoms with Crippen LogP contribution < -0.4 is 5.32 Å². The highest BCUT2D eigenvalue weighted by molar-refractivity contribution is 4.75. The topological polar surface area (TPSA) is 55.7 Å². The second-order valence-electron chi connectivity index (χ2n) is 4.71. The van der Waals surface area contributed by atoms with Gasteiger partial charge in [-0.2, -0.15) is 0 Å². The number of nitrogens with one attached hydrogen (secondary N) is 1. The molecule has 0 spiro atoms. The van der Waals surface area contributed by atoms with E-state index in [2.05, 4.69) is 17.1 Å². The van der Waals surface area contributed by atoms with Gasteiger partial charge in [-0.1, -0.05) is 6.92 Å². The van der Waals surface area contributed by atoms with Crippen LogP contribution in [0, 0.1) is 0 Å². The van der Waals surface area contributed by atoms with Crippen LogP contribution in [0.5, 0.6) is 0 Å². The minimum Gasteiger partial charge on any atom is -0.394 e. The molecule has 0 aliphatic carbocycles. The summed E-state index contributed by atoms with van der Waals surface area (Å²) in [5.74, 6) is 0. The fourth-order valence-electron chi connectivity index (χ4n) is 2.27. The molecule has 4 nitrogen and oxygen atoms in total. The lowest BCUT2D eigenvalue weighted by atomic mass is 10.1. The van der Waals surface area contributed by atoms with Gasteiger partial charge in [0.15, 0.2) is 0 Å². The van der Waals surface area contributed by atoms with Crippen molar-refractivity contribution in [2.45, 2.75) is 44.8 Å². The number of aliphatic hydroxyl groups excluding tert-OH is 2. The molecule has 0 bridgehead atoms. The Balaban J connectivity index is 2.19. The van der Waals surface area contributed by atoms with Gasteiger partial charge in [-0.15, -0.1) is 0 Å². The first-order chi connectivity index (χ1) is 7.76. The number of hydrogen-bond donors (Lipinski definition) is 3. The van der Waals surface area contributed by atoms with Crippen LogP contribution in [0.2, 0.25) is 0 Å². The predicted molar refractivity (Wildman–Crippen MR) is 65.5 cm³/mol. The Kier molecular flexibility index (Phi) is 6.96. The Morgan fingerprint density at radius 2 is 2.19 bits per heavy atom. The average Bonchev–Trinajstić information content (AvgIpc) is 2.52. The molecule has 1 saturated heterocycles. The number of hydrogen-bond acceptors (Lipinski definition) is 4. The molecule has 2 unspecified atom stereocenters. The normalized spacial score (nSPS) is 25.3. The van der Waals surface area contributed by atoms with Crippen molar-refractivity contribution < 1.29 is 10.2 Å². The van der Waals surface area contributed by atoms with E-state index in [0.29, 0.717) is 12.6 Å². The van der Waals surface area contributed by atoms with Crippen molar-refractivity contribution in [3.05, 3.63) is 0 Å². The molecule has 0 radical (unpaired) electrons. The smallest absolute Gasteiger partial charge is 0.0895 e. The summed E-state index contributed by atoms with van der Waals surface area (Å²) in [6, 6.07) is 0.503. The zero-order valence-electron chi connectivity index (χ0n) is 10.4. The molecule has 96 valence electrons. The van der Waals surface area contributed by atoms with Gasteiger partial charge in [-0.25, -0.2) is 0 Å². The van der Waals surface area contributed by atoms with Gasteiger partial charge in [-0.3, -0.25) is 0 Å². The largest absolute Gasteiger partial charge is 0.394 e. The SMILES string of the molecule is CCCN1CCCC(NCC(O)CO)CC1. The van der Waals surface area contributed by atoms with Gasteiger partial charge in [0.1, 0.15) is 0 Å². The molecule has 4 heteroatoms. The minimum absolute atomic E-state index is 0.151. The molecular weight excluding hydrogens is 204 g/mol. The van der Waals surface area contributed by atoms with Crippen molar-refractivity contribution >= 4 is 0 Å². The molecule has 0 aromatic carbocycles. The number of nitrogens with zero attached hydrogens (tertiary/aromatic N) is 1. The summed E-state index contributed by atoms with van der Waals surface area (Å²) in [5.41, 5.74) is 0. The van der Waals surface area contributed by atoms with E-state index in [1.54, 1.807) is 0 Å². The summed E-state index contributed by atoms with van der Waals surface area (Å²) in [6.45, 7) is 6.14. The first-order valence-corrected chi connectivity index (χ1v) is 6.51. The fraction of sp³-hybridized carbons (Fsp3) is 1.00. The van der Waals surface area contributed by atoms with Crippen LogP contribution in [0.25, 0.3) is 0 Å². The van der Waals surface area contributed by atoms with E-state index in [0.717, 1.165) is 13.0 Å². The van der Waals surface area contributed by atoms with Crippen molar-refractivity contribution in [3.8, 4) is 0 Å². The third-order valence-corrected chi connectivity index (χ3v) is 3.21. The van der Waals surface area contributed by atoms with Crippen molar-refractivity contribution in [1.29, 1.82) is 0 Å². The Hall–Kier alpha value is -0.160. The molecule has 16 heavy (non-hydrogen) atoms. The molecule has 0 saturated carbocycles. The highest BCUT2D eigenvalue weighted by atomic mass is 16.3. The summed E-state index contributed by atoms with van der Waals surface area (Å²) in [7, 11) is 0. The lowest BCUT2D eigenvalue weighted by Crippen LogP contribution is -2.37. The van der Waals surface area contributed by atoms with Crippen molar-refractivity contribution in [2.24, 2.45) is 0 Å². The molecule has 1 aliphatic heterocycles. The average molecular weight is 230 g/mol. The molecule has 1 heterocycles. The first kappa shape index (κ1) is 13.9. The standard InChI is InChI=1S/C12H26N2O2/c1-2-6-14-7-3-4-11(5-8-14)13-9-12(16)10-15/h11-13,15-16H,2-10H2,1H3. The van der Waals surface area contributed by atoms with Crippen molar-refractivity contribution in [1.82, 2.24) is 10.2 Å². The molecular formula is C12H26N2O2. The van der Waals surface area contributed by atoms with E-state index in [9.17, 15) is 5.11 Å². The van der Waals surface area contributed by atoms with E-state index in [1.807, 2.05) is 0 Å². The summed E-state index contributed by atoms with van der Waals surface area (Å²) in [6.07, 6.45) is 4.17. The molecule has 0 aromatic heterocycles. The van der Waals surface area contributed by atoms with Crippen LogP contribution in [0.4, 0.5) is 0 Å². The zero-order valence-corrected chi connectivity index (χ0v) is 10.4. The maximum absolute atomic E-state index is 9.27. The third-order valence-electron chi connectivity index (χ3n) is 3.21. The predicted octanol–water partition coefficient (Wildman–Crippen LogP) is 0.194. The Morgan fingerprint density at radius 1 is 1.38 bits per heavy atom. The van der Waals surface area contributed by atoms with Gasteiger partial charge in [0.2, 0.25) is 0 Å². The van der Waals surface area contributed by atoms with Gasteiger partial charge in [0.25, 0.3) is 0 Å². The van der Waals surface area contributed by atoms with E-state index in [4.69, 9.17) is 5.11 Å². The highest BCUT2D eigenvalue weighted by Crippen LogP contribution is 2.11. The maximum Gasteiger partial charge on any atom is 0.0895 e. The number of aliphatic hydroxyl groups is 2. The Labute approximate surface area is 98.6 Å². The van der Waals surface area contributed by atoms with Crippen LogP contribution in [0.1, 0.15) is 32.6 Å². The number of rotatable bonds is 6. The number of likely N-dealkylation sites (tertiary alicyclic amines) is 1. The van der Waals surface area contributed by atoms with Crippen LogP contribution in [0.15, 0.2) is 0 Å². The van der Waals surface area contributed by atoms with Crippen LogP contribution >= 0.6 is 0 Å². The molecule has 1 fully saturated rings. The minimum atomic E-state index is -0.616. The third kappa shape index (κ3) is 5.25. The zero-order chi connectivity index (χ0) is 11.8. The molecule has 1 rings (SSSR count). The van der Waals surface area contributed by atoms with Gasteiger partial charge in [-0.05, 0) is 45.3 Å². The van der Waals surface area contributed by atoms with E-state index in [1.165, 1.54) is 32.4 Å². The van der Waals surface area contributed by atoms with Crippen molar-refractivity contribution in [3.63, 3.8) is 0 Å². The highest BCUT2D eigenvalue weighted by Gasteiger charge is 2.16. The van der Waals surface area contributed by atoms with Crippen LogP contribution in [0.3, 0.4) is 0 Å². The monoisotopic (exact) mass is 230 g/mol. The molecule has 3 N–H and O–H groups in total. The molecule has 0 aromatic rings. The second kappa shape index (κ2) is 8.01. The summed E-state index contributed by atoms with van der Waals surface area (Å²) >= 11 is 0. The van der Waals surface area contributed by atoms with Crippen LogP contribution in [-0.4, -0.2) is 60.0 Å². The molecule has 1 aliphatic rings. The second-order valence-corrected chi connectivity index (χ2v) is 4.71. The molecule has 0 amide bonds. The van der Waals surface area contributed by atoms with E-state index < -0.39 is 6.10 Å². The summed E-state index contributed by atoms with van der Waals surface area (Å²) < 4.78 is 0. The lowest BCUT2D eigenvalue weighted by molar-refractivity contribution is 0.0913.